The zero-order valence-electron chi connectivity index (χ0n) is 10.9. The van der Waals surface area contributed by atoms with Crippen LogP contribution < -0.4 is 15.2 Å². The van der Waals surface area contributed by atoms with E-state index in [-0.39, 0.29) is 5.56 Å². The first-order valence-corrected chi connectivity index (χ1v) is 5.51. The van der Waals surface area contributed by atoms with Crippen molar-refractivity contribution in [1.82, 2.24) is 4.98 Å². The van der Waals surface area contributed by atoms with Crippen LogP contribution in [-0.2, 0) is 4.74 Å². The second-order valence-corrected chi connectivity index (χ2v) is 3.80. The van der Waals surface area contributed by atoms with Gasteiger partial charge in [-0.1, -0.05) is 0 Å². The van der Waals surface area contributed by atoms with Crippen LogP contribution in [0.4, 0.5) is 5.69 Å². The predicted molar refractivity (Wildman–Crippen MR) is 70.6 cm³/mol. The highest BCUT2D eigenvalue weighted by atomic mass is 16.5. The summed E-state index contributed by atoms with van der Waals surface area (Å²) in [5, 5.41) is 0.612. The molecule has 0 saturated heterocycles. The highest BCUT2D eigenvalue weighted by Crippen LogP contribution is 2.34. The molecule has 1 aromatic carbocycles. The van der Waals surface area contributed by atoms with Crippen molar-refractivity contribution in [3.8, 4) is 11.5 Å². The Labute approximate surface area is 110 Å². The summed E-state index contributed by atoms with van der Waals surface area (Å²) in [6.45, 7) is 0. The Kier molecular flexibility index (Phi) is 3.41. The maximum atomic E-state index is 11.6. The number of nitrogen functional groups attached to an aromatic ring is 1. The molecule has 0 saturated carbocycles. The number of benzene rings is 1. The summed E-state index contributed by atoms with van der Waals surface area (Å²) in [7, 11) is 4.36. The van der Waals surface area contributed by atoms with E-state index in [2.05, 4.69) is 9.72 Å². The van der Waals surface area contributed by atoms with Gasteiger partial charge >= 0.3 is 5.97 Å². The summed E-state index contributed by atoms with van der Waals surface area (Å²) >= 11 is 0. The van der Waals surface area contributed by atoms with E-state index in [1.807, 2.05) is 0 Å². The molecule has 6 nitrogen and oxygen atoms in total. The molecule has 1 aromatic heterocycles. The topological polar surface area (TPSA) is 83.7 Å². The van der Waals surface area contributed by atoms with E-state index in [0.29, 0.717) is 28.1 Å². The Morgan fingerprint density at radius 3 is 2.37 bits per heavy atom. The summed E-state index contributed by atoms with van der Waals surface area (Å²) in [5.41, 5.74) is 7.11. The molecule has 0 aliphatic carbocycles. The van der Waals surface area contributed by atoms with Crippen LogP contribution >= 0.6 is 0 Å². The standard InChI is InChI=1S/C13H14N2O4/c1-17-10-4-7-9(5-11(10)18-2)15-6-8(12(7)14)13(16)19-3/h4-6H,1-3H3,(H2,14,15). The number of hydrogen-bond donors (Lipinski definition) is 1. The zero-order chi connectivity index (χ0) is 14.0. The highest BCUT2D eigenvalue weighted by Gasteiger charge is 2.16. The fourth-order valence-corrected chi connectivity index (χ4v) is 1.81. The van der Waals surface area contributed by atoms with E-state index in [1.165, 1.54) is 27.5 Å². The van der Waals surface area contributed by atoms with Gasteiger partial charge in [0.15, 0.2) is 11.5 Å². The van der Waals surface area contributed by atoms with Crippen molar-refractivity contribution < 1.29 is 19.0 Å². The number of esters is 1. The second kappa shape index (κ2) is 5.01. The molecule has 0 aliphatic rings. The van der Waals surface area contributed by atoms with Gasteiger partial charge in [-0.3, -0.25) is 4.98 Å². The van der Waals surface area contributed by atoms with Crippen LogP contribution in [-0.4, -0.2) is 32.3 Å². The van der Waals surface area contributed by atoms with Crippen LogP contribution in [0, 0.1) is 0 Å². The number of fused-ring (bicyclic) bond motifs is 1. The van der Waals surface area contributed by atoms with E-state index in [9.17, 15) is 4.79 Å². The minimum Gasteiger partial charge on any atom is -0.493 e. The fraction of sp³-hybridized carbons (Fsp3) is 0.231. The Balaban J connectivity index is 2.72. The molecule has 100 valence electrons. The summed E-state index contributed by atoms with van der Waals surface area (Å²) in [4.78, 5) is 15.7. The average molecular weight is 262 g/mol. The molecule has 1 heterocycles. The number of hydrogen-bond acceptors (Lipinski definition) is 6. The Bertz CT molecular complexity index is 640. The predicted octanol–water partition coefficient (Wildman–Crippen LogP) is 1.62. The molecule has 0 bridgehead atoms. The summed E-state index contributed by atoms with van der Waals surface area (Å²) in [5.74, 6) is 0.542. The van der Waals surface area contributed by atoms with Crippen molar-refractivity contribution in [3.63, 3.8) is 0 Å². The van der Waals surface area contributed by atoms with Crippen molar-refractivity contribution in [3.05, 3.63) is 23.9 Å². The number of rotatable bonds is 3. The van der Waals surface area contributed by atoms with Gasteiger partial charge in [-0.05, 0) is 6.07 Å². The van der Waals surface area contributed by atoms with Crippen molar-refractivity contribution in [2.45, 2.75) is 0 Å². The highest BCUT2D eigenvalue weighted by molar-refractivity contribution is 6.04. The minimum absolute atomic E-state index is 0.224. The lowest BCUT2D eigenvalue weighted by Crippen LogP contribution is -2.07. The molecule has 2 aromatic rings. The number of anilines is 1. The molecule has 19 heavy (non-hydrogen) atoms. The molecule has 0 amide bonds. The zero-order valence-corrected chi connectivity index (χ0v) is 10.9. The molecule has 0 aliphatic heterocycles. The van der Waals surface area contributed by atoms with E-state index in [1.54, 1.807) is 12.1 Å². The first-order valence-electron chi connectivity index (χ1n) is 5.51. The molecule has 0 unspecified atom stereocenters. The summed E-state index contributed by atoms with van der Waals surface area (Å²) in [6.07, 6.45) is 1.38. The minimum atomic E-state index is -0.526. The quantitative estimate of drug-likeness (QED) is 0.846. The van der Waals surface area contributed by atoms with Gasteiger partial charge in [-0.2, -0.15) is 0 Å². The van der Waals surface area contributed by atoms with Gasteiger partial charge < -0.3 is 19.9 Å². The van der Waals surface area contributed by atoms with Gasteiger partial charge in [0.2, 0.25) is 0 Å². The molecule has 0 fully saturated rings. The van der Waals surface area contributed by atoms with Crippen LogP contribution in [0.25, 0.3) is 10.9 Å². The Morgan fingerprint density at radius 2 is 1.79 bits per heavy atom. The van der Waals surface area contributed by atoms with Gasteiger partial charge in [0.25, 0.3) is 0 Å². The van der Waals surface area contributed by atoms with Gasteiger partial charge in [-0.15, -0.1) is 0 Å². The maximum Gasteiger partial charge on any atom is 0.341 e. The summed E-state index contributed by atoms with van der Waals surface area (Å²) < 4.78 is 15.0. The molecule has 0 radical (unpaired) electrons. The van der Waals surface area contributed by atoms with Gasteiger partial charge in [-0.25, -0.2) is 4.79 Å². The van der Waals surface area contributed by atoms with Crippen molar-refractivity contribution in [2.75, 3.05) is 27.1 Å². The number of methoxy groups -OCH3 is 3. The van der Waals surface area contributed by atoms with Gasteiger partial charge in [0.05, 0.1) is 32.5 Å². The third-order valence-corrected chi connectivity index (χ3v) is 2.82. The van der Waals surface area contributed by atoms with Crippen LogP contribution in [0.1, 0.15) is 10.4 Å². The first kappa shape index (κ1) is 12.9. The Morgan fingerprint density at radius 1 is 1.16 bits per heavy atom. The van der Waals surface area contributed by atoms with Crippen LogP contribution in [0.2, 0.25) is 0 Å². The van der Waals surface area contributed by atoms with Gasteiger partial charge in [0, 0.05) is 17.6 Å². The Hall–Kier alpha value is -2.50. The fourth-order valence-electron chi connectivity index (χ4n) is 1.81. The van der Waals surface area contributed by atoms with Crippen molar-refractivity contribution >= 4 is 22.6 Å². The van der Waals surface area contributed by atoms with E-state index in [4.69, 9.17) is 15.2 Å². The number of pyridine rings is 1. The SMILES string of the molecule is COC(=O)c1cnc2cc(OC)c(OC)cc2c1N. The summed E-state index contributed by atoms with van der Waals surface area (Å²) in [6, 6.07) is 3.38. The van der Waals surface area contributed by atoms with E-state index < -0.39 is 5.97 Å². The first-order chi connectivity index (χ1) is 9.12. The number of ether oxygens (including phenoxy) is 3. The normalized spacial score (nSPS) is 10.3. The molecule has 2 rings (SSSR count). The molecule has 0 spiro atoms. The number of carbonyl (C=O) groups is 1. The lowest BCUT2D eigenvalue weighted by molar-refractivity contribution is 0.0601. The molecular formula is C13H14N2O4. The largest absolute Gasteiger partial charge is 0.493 e. The smallest absolute Gasteiger partial charge is 0.341 e. The van der Waals surface area contributed by atoms with Gasteiger partial charge in [0.1, 0.15) is 5.56 Å². The van der Waals surface area contributed by atoms with Crippen molar-refractivity contribution in [1.29, 1.82) is 0 Å². The third kappa shape index (κ3) is 2.12. The molecule has 6 heteroatoms. The van der Waals surface area contributed by atoms with Crippen LogP contribution in [0.5, 0.6) is 11.5 Å². The lowest BCUT2D eigenvalue weighted by atomic mass is 10.1. The van der Waals surface area contributed by atoms with Crippen molar-refractivity contribution in [2.24, 2.45) is 0 Å². The number of nitrogens with two attached hydrogens (primary N) is 1. The van der Waals surface area contributed by atoms with E-state index >= 15 is 0 Å². The van der Waals surface area contributed by atoms with Crippen LogP contribution in [0.15, 0.2) is 18.3 Å². The number of aromatic nitrogens is 1. The van der Waals surface area contributed by atoms with E-state index in [0.717, 1.165) is 0 Å². The molecule has 2 N–H and O–H groups in total. The molecular weight excluding hydrogens is 248 g/mol. The number of carbonyl (C=O) groups excluding carboxylic acids is 1. The monoisotopic (exact) mass is 262 g/mol. The maximum absolute atomic E-state index is 11.6. The lowest BCUT2D eigenvalue weighted by Gasteiger charge is -2.11. The molecule has 0 atom stereocenters. The average Bonchev–Trinajstić information content (AvgIpc) is 2.45. The third-order valence-electron chi connectivity index (χ3n) is 2.82. The second-order valence-electron chi connectivity index (χ2n) is 3.80. The van der Waals surface area contributed by atoms with Crippen LogP contribution in [0.3, 0.4) is 0 Å². The number of nitrogens with zero attached hydrogens (tertiary/aromatic N) is 1.